The maximum absolute atomic E-state index is 14.9. The normalized spacial score (nSPS) is 46.7. The second-order valence-corrected chi connectivity index (χ2v) is 8.62. The highest BCUT2D eigenvalue weighted by Crippen LogP contribution is 2.86. The number of alkyl halides is 14. The molecule has 0 aromatic carbocycles. The first-order valence-electron chi connectivity index (χ1n) is 8.68. The van der Waals surface area contributed by atoms with E-state index in [4.69, 9.17) is 0 Å². The Hall–Kier alpha value is -1.51. The fourth-order valence-corrected chi connectivity index (χ4v) is 4.36. The van der Waals surface area contributed by atoms with E-state index >= 15 is 0 Å². The summed E-state index contributed by atoms with van der Waals surface area (Å²) in [5, 5.41) is 0. The molecule has 0 amide bonds. The highest BCUT2D eigenvalue weighted by molar-refractivity contribution is 5.77. The number of hydrogen-bond acceptors (Lipinski definition) is 2. The molecular weight excluding hydrogens is 490 g/mol. The van der Waals surface area contributed by atoms with E-state index in [1.165, 1.54) is 0 Å². The predicted molar refractivity (Wildman–Crippen MR) is 74.0 cm³/mol. The van der Waals surface area contributed by atoms with Crippen LogP contribution >= 0.6 is 0 Å². The third-order valence-corrected chi connectivity index (χ3v) is 6.83. The average Bonchev–Trinajstić information content (AvgIpc) is 2.64. The lowest BCUT2D eigenvalue weighted by Gasteiger charge is -2.73. The van der Waals surface area contributed by atoms with Crippen LogP contribution in [0.1, 0.15) is 27.2 Å². The first-order chi connectivity index (χ1) is 13.8. The van der Waals surface area contributed by atoms with Crippen molar-refractivity contribution >= 4 is 5.97 Å². The van der Waals surface area contributed by atoms with E-state index in [0.29, 0.717) is 13.8 Å². The monoisotopic (exact) mass is 502 g/mol. The summed E-state index contributed by atoms with van der Waals surface area (Å²) in [6.07, 6.45) is -6.54. The molecule has 4 rings (SSSR count). The minimum Gasteiger partial charge on any atom is -0.439 e. The molecular formula is C16H12F14O2. The fourth-order valence-electron chi connectivity index (χ4n) is 4.36. The average molecular weight is 502 g/mol. The Morgan fingerprint density at radius 1 is 0.719 bits per heavy atom. The summed E-state index contributed by atoms with van der Waals surface area (Å²) in [5.74, 6) is -39.8. The van der Waals surface area contributed by atoms with Gasteiger partial charge in [-0.25, -0.2) is 17.6 Å². The van der Waals surface area contributed by atoms with Gasteiger partial charge in [0.25, 0.3) is 11.3 Å². The molecule has 32 heavy (non-hydrogen) atoms. The number of carbonyl (C=O) groups is 1. The van der Waals surface area contributed by atoms with E-state index in [9.17, 15) is 66.3 Å². The van der Waals surface area contributed by atoms with Crippen LogP contribution in [0.3, 0.4) is 0 Å². The SMILES string of the molecule is CCC(C)(C)C(=O)OC12C(F)(F)C3(F)C(F)C(F)(C(F)(F)C(F)(C3(F)F)C1(F)F)C2(F)F. The number of hydrogen-bond donors (Lipinski definition) is 0. The molecule has 0 heterocycles. The summed E-state index contributed by atoms with van der Waals surface area (Å²) in [5.41, 5.74) is -30.8. The summed E-state index contributed by atoms with van der Waals surface area (Å²) in [6, 6.07) is 0. The van der Waals surface area contributed by atoms with E-state index in [-0.39, 0.29) is 0 Å². The molecule has 0 aromatic heterocycles. The van der Waals surface area contributed by atoms with Gasteiger partial charge in [0.15, 0.2) is 6.17 Å². The van der Waals surface area contributed by atoms with Gasteiger partial charge < -0.3 is 4.74 Å². The summed E-state index contributed by atoms with van der Waals surface area (Å²) in [4.78, 5) is 12.1. The highest BCUT2D eigenvalue weighted by Gasteiger charge is 3.20. The van der Waals surface area contributed by atoms with E-state index in [0.717, 1.165) is 6.92 Å². The third-order valence-electron chi connectivity index (χ3n) is 6.83. The van der Waals surface area contributed by atoms with Gasteiger partial charge in [-0.05, 0) is 20.3 Å². The van der Waals surface area contributed by atoms with Gasteiger partial charge in [-0.15, -0.1) is 0 Å². The van der Waals surface area contributed by atoms with E-state index in [2.05, 4.69) is 4.74 Å². The number of halogens is 14. The van der Waals surface area contributed by atoms with Crippen molar-refractivity contribution in [2.24, 2.45) is 5.41 Å². The van der Waals surface area contributed by atoms with Crippen molar-refractivity contribution in [1.29, 1.82) is 0 Å². The van der Waals surface area contributed by atoms with Gasteiger partial charge in [-0.3, -0.25) is 4.79 Å². The standard InChI is InChI=1S/C16H12F14O2/c1-4-7(2,3)6(31)32-11-14(25,26)8(18)5(17)9(19,15(11,27)28)13(23,24)10(20,12(8,21)22)16(11,29)30/h5H,4H2,1-3H3. The second-order valence-electron chi connectivity index (χ2n) is 8.62. The molecule has 0 spiro atoms. The molecule has 186 valence electrons. The van der Waals surface area contributed by atoms with Crippen LogP contribution in [0, 0.1) is 5.41 Å². The lowest BCUT2D eigenvalue weighted by atomic mass is 9.41. The number of ether oxygens (including phenoxy) is 1. The molecule has 4 fully saturated rings. The lowest BCUT2D eigenvalue weighted by molar-refractivity contribution is -0.589. The summed E-state index contributed by atoms with van der Waals surface area (Å²) < 4.78 is 208. The van der Waals surface area contributed by atoms with E-state index in [1.807, 2.05) is 0 Å². The quantitative estimate of drug-likeness (QED) is 0.383. The molecule has 2 unspecified atom stereocenters. The molecule has 4 saturated carbocycles. The summed E-state index contributed by atoms with van der Waals surface area (Å²) >= 11 is 0. The molecule has 4 aliphatic rings. The Bertz CT molecular complexity index is 840. The number of esters is 1. The van der Waals surface area contributed by atoms with Crippen LogP contribution in [-0.2, 0) is 9.53 Å². The predicted octanol–water partition coefficient (Wildman–Crippen LogP) is 5.38. The van der Waals surface area contributed by atoms with Gasteiger partial charge in [0.2, 0.25) is 0 Å². The van der Waals surface area contributed by atoms with Gasteiger partial charge in [-0.2, -0.15) is 43.9 Å². The minimum atomic E-state index is -7.55. The topological polar surface area (TPSA) is 26.3 Å². The first kappa shape index (κ1) is 25.1. The highest BCUT2D eigenvalue weighted by atomic mass is 19.3. The molecule has 0 aliphatic heterocycles. The van der Waals surface area contributed by atoms with Gasteiger partial charge >= 0.3 is 46.9 Å². The molecule has 0 N–H and O–H groups in total. The molecule has 0 radical (unpaired) electrons. The Morgan fingerprint density at radius 2 is 1.06 bits per heavy atom. The van der Waals surface area contributed by atoms with Gasteiger partial charge in [0.05, 0.1) is 5.41 Å². The maximum atomic E-state index is 14.9. The number of carbonyl (C=O) groups excluding carboxylic acids is 1. The minimum absolute atomic E-state index is 0.606. The molecule has 2 nitrogen and oxygen atoms in total. The Labute approximate surface area is 169 Å². The van der Waals surface area contributed by atoms with Crippen molar-refractivity contribution < 1.29 is 71.0 Å². The van der Waals surface area contributed by atoms with Gasteiger partial charge in [0, 0.05) is 0 Å². The van der Waals surface area contributed by atoms with Crippen molar-refractivity contribution in [3.63, 3.8) is 0 Å². The Balaban J connectivity index is 2.57. The zero-order chi connectivity index (χ0) is 25.6. The second kappa shape index (κ2) is 5.41. The Kier molecular flexibility index (Phi) is 4.25. The molecule has 4 aliphatic carbocycles. The van der Waals surface area contributed by atoms with Crippen LogP contribution in [0.15, 0.2) is 0 Å². The van der Waals surface area contributed by atoms with E-state index < -0.39 is 76.2 Å². The molecule has 4 bridgehead atoms. The smallest absolute Gasteiger partial charge is 0.344 e. The van der Waals surface area contributed by atoms with E-state index in [1.54, 1.807) is 0 Å². The largest absolute Gasteiger partial charge is 0.439 e. The van der Waals surface area contributed by atoms with Gasteiger partial charge in [0.1, 0.15) is 0 Å². The Morgan fingerprint density at radius 3 is 1.38 bits per heavy atom. The molecule has 0 saturated heterocycles. The van der Waals surface area contributed by atoms with Crippen molar-refractivity contribution in [3.8, 4) is 0 Å². The molecule has 2 atom stereocenters. The van der Waals surface area contributed by atoms with Crippen molar-refractivity contribution in [2.75, 3.05) is 0 Å². The van der Waals surface area contributed by atoms with Crippen molar-refractivity contribution in [2.45, 2.75) is 85.6 Å². The van der Waals surface area contributed by atoms with Crippen LogP contribution < -0.4 is 0 Å². The van der Waals surface area contributed by atoms with Crippen LogP contribution in [-0.4, -0.2) is 64.4 Å². The van der Waals surface area contributed by atoms with Gasteiger partial charge in [-0.1, -0.05) is 6.92 Å². The lowest BCUT2D eigenvalue weighted by Crippen LogP contribution is -3.08. The van der Waals surface area contributed by atoms with Crippen molar-refractivity contribution in [3.05, 3.63) is 0 Å². The zero-order valence-corrected chi connectivity index (χ0v) is 15.9. The number of rotatable bonds is 3. The molecule has 16 heteroatoms. The molecule has 0 aromatic rings. The summed E-state index contributed by atoms with van der Waals surface area (Å²) in [7, 11) is 0. The van der Waals surface area contributed by atoms with Crippen LogP contribution in [0.2, 0.25) is 0 Å². The van der Waals surface area contributed by atoms with Crippen LogP contribution in [0.4, 0.5) is 61.5 Å². The zero-order valence-electron chi connectivity index (χ0n) is 15.9. The van der Waals surface area contributed by atoms with Crippen LogP contribution in [0.25, 0.3) is 0 Å². The van der Waals surface area contributed by atoms with Crippen molar-refractivity contribution in [1.82, 2.24) is 0 Å². The maximum Gasteiger partial charge on any atom is 0.344 e. The summed E-state index contributed by atoms with van der Waals surface area (Å²) in [6.45, 7) is 2.33. The first-order valence-corrected chi connectivity index (χ1v) is 8.68. The van der Waals surface area contributed by atoms with Crippen LogP contribution in [0.5, 0.6) is 0 Å². The fraction of sp³-hybridized carbons (Fsp3) is 0.938. The third kappa shape index (κ3) is 1.64.